The van der Waals surface area contributed by atoms with Crippen molar-refractivity contribution in [3.63, 3.8) is 0 Å². The smallest absolute Gasteiger partial charge is 0.303 e. The molecule has 5 atom stereocenters. The third kappa shape index (κ3) is 8.07. The molecule has 2 aliphatic heterocycles. The molecule has 5 rings (SSSR count). The van der Waals surface area contributed by atoms with Gasteiger partial charge in [-0.05, 0) is 41.2 Å². The van der Waals surface area contributed by atoms with Crippen molar-refractivity contribution in [2.24, 2.45) is 0 Å². The second-order valence-corrected chi connectivity index (χ2v) is 11.3. The van der Waals surface area contributed by atoms with Crippen LogP contribution >= 0.6 is 0 Å². The summed E-state index contributed by atoms with van der Waals surface area (Å²) in [6, 6.07) is 23.7. The number of ether oxygens (including phenoxy) is 3. The zero-order valence-corrected chi connectivity index (χ0v) is 24.6. The average molecular weight is 589 g/mol. The zero-order valence-electron chi connectivity index (χ0n) is 24.6. The molecule has 0 spiro atoms. The molecular formula is C34H40N2O7. The van der Waals surface area contributed by atoms with Gasteiger partial charge in [0.2, 0.25) is 0 Å². The van der Waals surface area contributed by atoms with Gasteiger partial charge in [-0.2, -0.15) is 0 Å². The highest BCUT2D eigenvalue weighted by molar-refractivity contribution is 5.83. The van der Waals surface area contributed by atoms with Gasteiger partial charge >= 0.3 is 5.97 Å². The second kappa shape index (κ2) is 14.2. The van der Waals surface area contributed by atoms with Crippen LogP contribution in [-0.2, 0) is 37.0 Å². The summed E-state index contributed by atoms with van der Waals surface area (Å²) in [6.07, 6.45) is -0.521. The van der Waals surface area contributed by atoms with Gasteiger partial charge in [0.05, 0.1) is 24.9 Å². The van der Waals surface area contributed by atoms with E-state index in [0.29, 0.717) is 19.5 Å². The van der Waals surface area contributed by atoms with Crippen LogP contribution in [0, 0.1) is 0 Å². The van der Waals surface area contributed by atoms with E-state index in [-0.39, 0.29) is 30.8 Å². The van der Waals surface area contributed by atoms with E-state index in [1.807, 2.05) is 72.8 Å². The molecule has 228 valence electrons. The van der Waals surface area contributed by atoms with Crippen molar-refractivity contribution >= 4 is 11.9 Å². The fourth-order valence-electron chi connectivity index (χ4n) is 5.70. The number of likely N-dealkylation sites (tertiary alicyclic amines) is 1. The highest BCUT2D eigenvalue weighted by Gasteiger charge is 2.34. The Labute approximate surface area is 252 Å². The SMILES string of the molecule is CC(=O)OC(C)C(=O)NCc1ccccc1-c1ccc(C2OC(CN3CCC(O)C3)CC(c3ccc(CO)cc3)O2)cc1. The van der Waals surface area contributed by atoms with Crippen molar-refractivity contribution in [3.05, 3.63) is 95.1 Å². The van der Waals surface area contributed by atoms with Crippen molar-refractivity contribution in [3.8, 4) is 11.1 Å². The fourth-order valence-corrected chi connectivity index (χ4v) is 5.70. The molecule has 3 aromatic rings. The summed E-state index contributed by atoms with van der Waals surface area (Å²) in [5.74, 6) is -0.855. The normalized spacial score (nSPS) is 23.1. The van der Waals surface area contributed by atoms with Crippen LogP contribution in [0.25, 0.3) is 11.1 Å². The van der Waals surface area contributed by atoms with Gasteiger partial charge in [0.1, 0.15) is 0 Å². The second-order valence-electron chi connectivity index (χ2n) is 11.3. The number of benzene rings is 3. The first-order valence-corrected chi connectivity index (χ1v) is 14.8. The molecule has 2 saturated heterocycles. The molecule has 0 saturated carbocycles. The van der Waals surface area contributed by atoms with E-state index >= 15 is 0 Å². The molecule has 2 fully saturated rings. The lowest BCUT2D eigenvalue weighted by atomic mass is 9.97. The van der Waals surface area contributed by atoms with E-state index in [4.69, 9.17) is 14.2 Å². The summed E-state index contributed by atoms with van der Waals surface area (Å²) in [5, 5.41) is 22.3. The number of hydrogen-bond donors (Lipinski definition) is 3. The summed E-state index contributed by atoms with van der Waals surface area (Å²) >= 11 is 0. The van der Waals surface area contributed by atoms with Crippen LogP contribution in [0.4, 0.5) is 0 Å². The van der Waals surface area contributed by atoms with Gasteiger partial charge in [0, 0.05) is 45.1 Å². The maximum Gasteiger partial charge on any atom is 0.303 e. The third-order valence-electron chi connectivity index (χ3n) is 8.00. The Balaban J connectivity index is 1.31. The van der Waals surface area contributed by atoms with Crippen LogP contribution in [0.5, 0.6) is 0 Å². The summed E-state index contributed by atoms with van der Waals surface area (Å²) in [6.45, 7) is 5.33. The molecule has 3 N–H and O–H groups in total. The monoisotopic (exact) mass is 588 g/mol. The molecule has 2 heterocycles. The molecule has 0 aliphatic carbocycles. The van der Waals surface area contributed by atoms with E-state index in [9.17, 15) is 19.8 Å². The van der Waals surface area contributed by atoms with Crippen molar-refractivity contribution in [1.82, 2.24) is 10.2 Å². The minimum Gasteiger partial charge on any atom is -0.453 e. The Morgan fingerprint density at radius 1 is 1.02 bits per heavy atom. The Morgan fingerprint density at radius 2 is 1.74 bits per heavy atom. The van der Waals surface area contributed by atoms with Gasteiger partial charge in [-0.25, -0.2) is 0 Å². The predicted molar refractivity (Wildman–Crippen MR) is 160 cm³/mol. The number of esters is 1. The van der Waals surface area contributed by atoms with Crippen molar-refractivity contribution in [2.45, 2.75) is 70.5 Å². The Kier molecular flexibility index (Phi) is 10.2. The van der Waals surface area contributed by atoms with Crippen LogP contribution in [0.1, 0.15) is 61.3 Å². The summed E-state index contributed by atoms with van der Waals surface area (Å²) in [5.41, 5.74) is 5.68. The third-order valence-corrected chi connectivity index (χ3v) is 8.00. The van der Waals surface area contributed by atoms with Gasteiger partial charge in [-0.3, -0.25) is 14.5 Å². The number of aliphatic hydroxyl groups excluding tert-OH is 2. The molecule has 9 nitrogen and oxygen atoms in total. The molecule has 0 aromatic heterocycles. The molecule has 0 radical (unpaired) electrons. The van der Waals surface area contributed by atoms with Crippen LogP contribution in [0.15, 0.2) is 72.8 Å². The maximum absolute atomic E-state index is 12.4. The van der Waals surface area contributed by atoms with Crippen LogP contribution in [0.2, 0.25) is 0 Å². The number of nitrogens with zero attached hydrogens (tertiary/aromatic N) is 1. The molecule has 1 amide bonds. The predicted octanol–water partition coefficient (Wildman–Crippen LogP) is 4.03. The quantitative estimate of drug-likeness (QED) is 0.304. The maximum atomic E-state index is 12.4. The van der Waals surface area contributed by atoms with Crippen molar-refractivity contribution in [1.29, 1.82) is 0 Å². The Morgan fingerprint density at radius 3 is 2.42 bits per heavy atom. The number of hydrogen-bond acceptors (Lipinski definition) is 8. The number of amides is 1. The number of rotatable bonds is 10. The highest BCUT2D eigenvalue weighted by atomic mass is 16.7. The van der Waals surface area contributed by atoms with E-state index < -0.39 is 18.4 Å². The van der Waals surface area contributed by atoms with Crippen LogP contribution < -0.4 is 5.32 Å². The molecule has 9 heteroatoms. The Bertz CT molecular complexity index is 1380. The first-order valence-electron chi connectivity index (χ1n) is 14.8. The van der Waals surface area contributed by atoms with E-state index in [1.165, 1.54) is 6.92 Å². The molecule has 5 unspecified atom stereocenters. The zero-order chi connectivity index (χ0) is 30.3. The number of β-amino-alcohol motifs (C(OH)–C–C–N with tert-alkyl or cyclic N) is 1. The lowest BCUT2D eigenvalue weighted by Crippen LogP contribution is -2.38. The highest BCUT2D eigenvalue weighted by Crippen LogP contribution is 2.39. The lowest BCUT2D eigenvalue weighted by Gasteiger charge is -2.38. The Hall–Kier alpha value is -3.60. The fraction of sp³-hybridized carbons (Fsp3) is 0.412. The van der Waals surface area contributed by atoms with E-state index in [1.54, 1.807) is 6.92 Å². The minimum absolute atomic E-state index is 0.00724. The number of carbonyl (C=O) groups is 2. The lowest BCUT2D eigenvalue weighted by molar-refractivity contribution is -0.252. The largest absolute Gasteiger partial charge is 0.453 e. The molecular weight excluding hydrogens is 548 g/mol. The summed E-state index contributed by atoms with van der Waals surface area (Å²) < 4.78 is 18.0. The topological polar surface area (TPSA) is 118 Å². The van der Waals surface area contributed by atoms with Gasteiger partial charge in [-0.1, -0.05) is 72.8 Å². The average Bonchev–Trinajstić information content (AvgIpc) is 3.43. The molecule has 2 aliphatic rings. The molecule has 43 heavy (non-hydrogen) atoms. The molecule has 3 aromatic carbocycles. The first-order chi connectivity index (χ1) is 20.8. The number of carbonyl (C=O) groups excluding carboxylic acids is 2. The van der Waals surface area contributed by atoms with E-state index in [0.717, 1.165) is 52.9 Å². The summed E-state index contributed by atoms with van der Waals surface area (Å²) in [7, 11) is 0. The van der Waals surface area contributed by atoms with Gasteiger partial charge in [0.15, 0.2) is 12.4 Å². The van der Waals surface area contributed by atoms with Gasteiger partial charge in [-0.15, -0.1) is 0 Å². The van der Waals surface area contributed by atoms with Crippen molar-refractivity contribution < 1.29 is 34.0 Å². The first kappa shape index (κ1) is 30.8. The van der Waals surface area contributed by atoms with Gasteiger partial charge in [0.25, 0.3) is 5.91 Å². The van der Waals surface area contributed by atoms with Crippen molar-refractivity contribution in [2.75, 3.05) is 19.6 Å². The van der Waals surface area contributed by atoms with Gasteiger partial charge < -0.3 is 29.7 Å². The van der Waals surface area contributed by atoms with E-state index in [2.05, 4.69) is 10.2 Å². The summed E-state index contributed by atoms with van der Waals surface area (Å²) in [4.78, 5) is 25.8. The van der Waals surface area contributed by atoms with Crippen LogP contribution in [-0.4, -0.2) is 64.9 Å². The number of aliphatic hydroxyl groups is 2. The number of nitrogens with one attached hydrogen (secondary N) is 1. The standard InChI is InChI=1S/C34H40N2O7/c1-22(41-23(2)38)33(40)35-18-28-5-3-4-6-31(28)25-11-13-27(14-12-25)34-42-30(20-36-16-15-29(39)19-36)17-32(43-34)26-9-7-24(21-37)8-10-26/h3-14,22,29-30,32,34,37,39H,15-21H2,1-2H3,(H,35,40). The molecule has 0 bridgehead atoms. The minimum atomic E-state index is -0.866. The van der Waals surface area contributed by atoms with Crippen LogP contribution in [0.3, 0.4) is 0 Å².